The van der Waals surface area contributed by atoms with Gasteiger partial charge < -0.3 is 0 Å². The Bertz CT molecular complexity index is 1240. The van der Waals surface area contributed by atoms with Gasteiger partial charge in [0.2, 0.25) is 0 Å². The summed E-state index contributed by atoms with van der Waals surface area (Å²) in [6.07, 6.45) is 1.53. The van der Waals surface area contributed by atoms with E-state index in [0.717, 1.165) is 0 Å². The van der Waals surface area contributed by atoms with Crippen LogP contribution in [0, 0.1) is 12.7 Å². The summed E-state index contributed by atoms with van der Waals surface area (Å²) >= 11 is 6.01. The number of carbonyl (C=O) groups excluding carboxylic acids is 1. The number of aromatic nitrogens is 2. The molecule has 0 radical (unpaired) electrons. The second-order valence-electron chi connectivity index (χ2n) is 6.61. The second-order valence-corrected chi connectivity index (χ2v) is 7.04. The summed E-state index contributed by atoms with van der Waals surface area (Å²) in [5.41, 5.74) is 2.41. The third-order valence-electron chi connectivity index (χ3n) is 4.61. The number of benzene rings is 2. The average molecular weight is 411 g/mol. The van der Waals surface area contributed by atoms with Crippen molar-refractivity contribution in [1.29, 1.82) is 0 Å². The second kappa shape index (κ2) is 7.18. The maximum absolute atomic E-state index is 13.2. The van der Waals surface area contributed by atoms with E-state index in [9.17, 15) is 14.0 Å². The molecule has 0 saturated carbocycles. The van der Waals surface area contributed by atoms with Gasteiger partial charge in [-0.3, -0.25) is 14.7 Å². The summed E-state index contributed by atoms with van der Waals surface area (Å²) in [4.78, 5) is 25.8. The number of anilines is 1. The van der Waals surface area contributed by atoms with Crippen molar-refractivity contribution in [2.45, 2.75) is 13.8 Å². The standard InChI is InChI=1S/C21H16ClFN4O2/c1-12-18(20(28)26(24-12)16-8-6-15(23)7-9-16)11-19-13(2)25-27(21(19)29)17-5-3-4-14(22)10-17/h3-11,24H,1-2H3/b19-11-. The van der Waals surface area contributed by atoms with Crippen molar-refractivity contribution in [1.82, 2.24) is 9.78 Å². The largest absolute Gasteiger partial charge is 0.295 e. The molecule has 0 fully saturated rings. The molecule has 1 amide bonds. The number of halogens is 2. The summed E-state index contributed by atoms with van der Waals surface area (Å²) in [6, 6.07) is 12.4. The van der Waals surface area contributed by atoms with E-state index in [0.29, 0.717) is 38.9 Å². The van der Waals surface area contributed by atoms with Gasteiger partial charge in [-0.1, -0.05) is 17.7 Å². The zero-order valence-electron chi connectivity index (χ0n) is 15.6. The number of hydrogen-bond donors (Lipinski definition) is 1. The molecule has 29 heavy (non-hydrogen) atoms. The first-order chi connectivity index (χ1) is 13.8. The molecule has 1 aliphatic heterocycles. The summed E-state index contributed by atoms with van der Waals surface area (Å²) in [6.45, 7) is 3.43. The first-order valence-corrected chi connectivity index (χ1v) is 9.18. The third-order valence-corrected chi connectivity index (χ3v) is 4.84. The number of H-pyrrole nitrogens is 1. The molecule has 0 bridgehead atoms. The van der Waals surface area contributed by atoms with Crippen molar-refractivity contribution in [3.05, 3.63) is 86.6 Å². The zero-order chi connectivity index (χ0) is 20.7. The lowest BCUT2D eigenvalue weighted by atomic mass is 10.1. The van der Waals surface area contributed by atoms with Gasteiger partial charge in [0.1, 0.15) is 5.82 Å². The minimum atomic E-state index is -0.392. The zero-order valence-corrected chi connectivity index (χ0v) is 16.4. The average Bonchev–Trinajstić information content (AvgIpc) is 3.13. The van der Waals surface area contributed by atoms with Crippen LogP contribution in [0.2, 0.25) is 5.02 Å². The number of hydrogen-bond acceptors (Lipinski definition) is 3. The Morgan fingerprint density at radius 2 is 1.79 bits per heavy atom. The topological polar surface area (TPSA) is 70.5 Å². The molecular formula is C21H16ClFN4O2. The van der Waals surface area contributed by atoms with Crippen LogP contribution in [0.4, 0.5) is 10.1 Å². The fraction of sp³-hybridized carbons (Fsp3) is 0.0952. The van der Waals surface area contributed by atoms with Crippen molar-refractivity contribution in [3.8, 4) is 5.69 Å². The van der Waals surface area contributed by atoms with E-state index in [1.54, 1.807) is 38.1 Å². The van der Waals surface area contributed by atoms with Gasteiger partial charge in [-0.2, -0.15) is 10.1 Å². The lowest BCUT2D eigenvalue weighted by Gasteiger charge is -2.11. The maximum atomic E-state index is 13.2. The highest BCUT2D eigenvalue weighted by Crippen LogP contribution is 2.27. The number of rotatable bonds is 3. The molecule has 1 aromatic heterocycles. The minimum absolute atomic E-state index is 0.315. The van der Waals surface area contributed by atoms with Crippen molar-refractivity contribution in [2.24, 2.45) is 5.10 Å². The Morgan fingerprint density at radius 1 is 1.07 bits per heavy atom. The third kappa shape index (κ3) is 3.40. The van der Waals surface area contributed by atoms with Crippen molar-refractivity contribution < 1.29 is 9.18 Å². The predicted molar refractivity (Wildman–Crippen MR) is 111 cm³/mol. The SMILES string of the molecule is CC1=NN(c2cccc(Cl)c2)C(=O)/C1=C\c1c(C)[nH]n(-c2ccc(F)cc2)c1=O. The lowest BCUT2D eigenvalue weighted by Crippen LogP contribution is -2.22. The van der Waals surface area contributed by atoms with Crippen LogP contribution in [0.15, 0.2) is 64.0 Å². The number of aryl methyl sites for hydroxylation is 1. The van der Waals surface area contributed by atoms with Gasteiger partial charge in [-0.05, 0) is 62.4 Å². The molecule has 0 spiro atoms. The van der Waals surface area contributed by atoms with Crippen LogP contribution < -0.4 is 10.6 Å². The highest BCUT2D eigenvalue weighted by atomic mass is 35.5. The van der Waals surface area contributed by atoms with Gasteiger partial charge in [0.25, 0.3) is 11.5 Å². The molecule has 2 heterocycles. The molecule has 1 N–H and O–H groups in total. The van der Waals surface area contributed by atoms with E-state index in [1.807, 2.05) is 0 Å². The Kier molecular flexibility index (Phi) is 4.68. The number of carbonyl (C=O) groups is 1. The lowest BCUT2D eigenvalue weighted by molar-refractivity contribution is -0.114. The van der Waals surface area contributed by atoms with Crippen molar-refractivity contribution in [3.63, 3.8) is 0 Å². The number of amides is 1. The van der Waals surface area contributed by atoms with Crippen LogP contribution >= 0.6 is 11.6 Å². The van der Waals surface area contributed by atoms with E-state index in [-0.39, 0.29) is 11.5 Å². The Hall–Kier alpha value is -3.45. The molecule has 6 nitrogen and oxygen atoms in total. The van der Waals surface area contributed by atoms with E-state index in [4.69, 9.17) is 11.6 Å². The molecule has 3 aromatic rings. The fourth-order valence-corrected chi connectivity index (χ4v) is 3.30. The molecule has 146 valence electrons. The summed E-state index contributed by atoms with van der Waals surface area (Å²) in [5, 5.41) is 9.01. The molecule has 0 atom stereocenters. The van der Waals surface area contributed by atoms with Gasteiger partial charge in [0.15, 0.2) is 0 Å². The first-order valence-electron chi connectivity index (χ1n) is 8.80. The van der Waals surface area contributed by atoms with Crippen LogP contribution in [-0.4, -0.2) is 21.4 Å². The van der Waals surface area contributed by atoms with E-state index in [2.05, 4.69) is 10.2 Å². The number of hydrazone groups is 1. The van der Waals surface area contributed by atoms with E-state index >= 15 is 0 Å². The van der Waals surface area contributed by atoms with Gasteiger partial charge in [-0.25, -0.2) is 9.07 Å². The van der Waals surface area contributed by atoms with E-state index in [1.165, 1.54) is 40.0 Å². The highest BCUT2D eigenvalue weighted by molar-refractivity contribution is 6.33. The molecule has 0 unspecified atom stereocenters. The maximum Gasteiger partial charge on any atom is 0.280 e. The monoisotopic (exact) mass is 410 g/mol. The number of nitrogens with one attached hydrogen (secondary N) is 1. The molecule has 8 heteroatoms. The number of nitrogens with zero attached hydrogens (tertiary/aromatic N) is 3. The van der Waals surface area contributed by atoms with E-state index < -0.39 is 5.82 Å². The molecule has 1 aliphatic rings. The van der Waals surface area contributed by atoms with Gasteiger partial charge in [0.05, 0.1) is 28.2 Å². The van der Waals surface area contributed by atoms with Crippen molar-refractivity contribution in [2.75, 3.05) is 5.01 Å². The highest BCUT2D eigenvalue weighted by Gasteiger charge is 2.29. The molecule has 0 saturated heterocycles. The quantitative estimate of drug-likeness (QED) is 0.661. The Labute approximate surface area is 170 Å². The van der Waals surface area contributed by atoms with Crippen LogP contribution in [0.25, 0.3) is 11.8 Å². The summed E-state index contributed by atoms with van der Waals surface area (Å²) in [7, 11) is 0. The summed E-state index contributed by atoms with van der Waals surface area (Å²) < 4.78 is 14.5. The fourth-order valence-electron chi connectivity index (χ4n) is 3.11. The normalized spacial score (nSPS) is 15.3. The van der Waals surface area contributed by atoms with Crippen LogP contribution in [-0.2, 0) is 4.79 Å². The van der Waals surface area contributed by atoms with Crippen LogP contribution in [0.3, 0.4) is 0 Å². The minimum Gasteiger partial charge on any atom is -0.295 e. The predicted octanol–water partition coefficient (Wildman–Crippen LogP) is 4.07. The summed E-state index contributed by atoms with van der Waals surface area (Å²) in [5.74, 6) is -0.741. The first kappa shape index (κ1) is 18.9. The number of aromatic amines is 1. The van der Waals surface area contributed by atoms with Crippen LogP contribution in [0.5, 0.6) is 0 Å². The molecular weight excluding hydrogens is 395 g/mol. The van der Waals surface area contributed by atoms with Crippen molar-refractivity contribution >= 4 is 35.0 Å². The Morgan fingerprint density at radius 3 is 2.48 bits per heavy atom. The van der Waals surface area contributed by atoms with Crippen LogP contribution in [0.1, 0.15) is 18.2 Å². The molecule has 2 aromatic carbocycles. The van der Waals surface area contributed by atoms with Gasteiger partial charge in [0, 0.05) is 10.7 Å². The Balaban J connectivity index is 1.73. The van der Waals surface area contributed by atoms with Gasteiger partial charge >= 0.3 is 0 Å². The molecule has 0 aliphatic carbocycles. The molecule has 4 rings (SSSR count). The van der Waals surface area contributed by atoms with Gasteiger partial charge in [-0.15, -0.1) is 0 Å². The smallest absolute Gasteiger partial charge is 0.280 e.